The van der Waals surface area contributed by atoms with E-state index in [9.17, 15) is 14.0 Å². The Labute approximate surface area is 133 Å². The Balaban J connectivity index is 1.84. The van der Waals surface area contributed by atoms with Crippen LogP contribution in [-0.4, -0.2) is 19.5 Å². The third-order valence-electron chi connectivity index (χ3n) is 4.14. The molecule has 23 heavy (non-hydrogen) atoms. The molecule has 0 radical (unpaired) electrons. The molecule has 0 amide bonds. The number of nitriles is 1. The van der Waals surface area contributed by atoms with Gasteiger partial charge < -0.3 is 10.6 Å². The number of halogens is 2. The van der Waals surface area contributed by atoms with Crippen molar-refractivity contribution in [1.82, 2.24) is 0 Å². The van der Waals surface area contributed by atoms with Crippen molar-refractivity contribution in [2.75, 3.05) is 24.2 Å². The van der Waals surface area contributed by atoms with Gasteiger partial charge in [0, 0.05) is 25.9 Å². The molecular weight excluding hydrogens is 296 g/mol. The molecule has 1 fully saturated rings. The summed E-state index contributed by atoms with van der Waals surface area (Å²) in [4.78, 5) is 0. The van der Waals surface area contributed by atoms with E-state index in [-0.39, 0.29) is 13.0 Å². The van der Waals surface area contributed by atoms with Gasteiger partial charge in [-0.1, -0.05) is 24.3 Å². The Morgan fingerprint density at radius 3 is 2.61 bits per heavy atom. The lowest BCUT2D eigenvalue weighted by Crippen LogP contribution is -2.10. The zero-order valence-electron chi connectivity index (χ0n) is 12.7. The minimum Gasteiger partial charge on any atom is -0.386 e. The lowest BCUT2D eigenvalue weighted by atomic mass is 9.99. The van der Waals surface area contributed by atoms with Gasteiger partial charge in [0.25, 0.3) is 5.92 Å². The number of benzene rings is 2. The number of hydrogen-bond donors (Lipinski definition) is 2. The maximum atomic E-state index is 13.0. The first-order valence-corrected chi connectivity index (χ1v) is 7.48. The molecule has 1 aliphatic rings. The maximum absolute atomic E-state index is 13.0. The van der Waals surface area contributed by atoms with Crippen molar-refractivity contribution in [1.29, 1.82) is 5.26 Å². The highest BCUT2D eigenvalue weighted by molar-refractivity contribution is 5.79. The number of rotatable bonds is 5. The van der Waals surface area contributed by atoms with Crippen LogP contribution in [-0.2, 0) is 0 Å². The van der Waals surface area contributed by atoms with Crippen LogP contribution in [0.25, 0.3) is 11.1 Å². The average molecular weight is 313 g/mol. The molecule has 1 unspecified atom stereocenters. The zero-order valence-corrected chi connectivity index (χ0v) is 12.7. The molecule has 2 N–H and O–H groups in total. The second kappa shape index (κ2) is 5.88. The fraction of sp³-hybridized carbons (Fsp3) is 0.278. The van der Waals surface area contributed by atoms with E-state index in [0.29, 0.717) is 5.56 Å². The van der Waals surface area contributed by atoms with Crippen LogP contribution in [0.5, 0.6) is 0 Å². The maximum Gasteiger partial charge on any atom is 0.253 e. The van der Waals surface area contributed by atoms with Gasteiger partial charge in [0.15, 0.2) is 0 Å². The highest BCUT2D eigenvalue weighted by Crippen LogP contribution is 2.48. The predicted octanol–water partition coefficient (Wildman–Crippen LogP) is 4.33. The summed E-state index contributed by atoms with van der Waals surface area (Å²) in [6, 6.07) is 15.2. The van der Waals surface area contributed by atoms with E-state index >= 15 is 0 Å². The number of hydrogen-bond acceptors (Lipinski definition) is 3. The van der Waals surface area contributed by atoms with Crippen LogP contribution < -0.4 is 10.6 Å². The van der Waals surface area contributed by atoms with Crippen molar-refractivity contribution in [3.63, 3.8) is 0 Å². The third kappa shape index (κ3) is 3.11. The van der Waals surface area contributed by atoms with Crippen molar-refractivity contribution in [2.45, 2.75) is 12.3 Å². The molecule has 5 heteroatoms. The number of nitrogens with zero attached hydrogens (tertiary/aromatic N) is 1. The first-order chi connectivity index (χ1) is 11.0. The van der Waals surface area contributed by atoms with Crippen LogP contribution in [0, 0.1) is 17.2 Å². The summed E-state index contributed by atoms with van der Waals surface area (Å²) in [5.74, 6) is -3.09. The lowest BCUT2D eigenvalue weighted by Gasteiger charge is -2.14. The van der Waals surface area contributed by atoms with Crippen LogP contribution in [0.3, 0.4) is 0 Å². The molecule has 0 spiro atoms. The molecule has 2 aromatic rings. The summed E-state index contributed by atoms with van der Waals surface area (Å²) < 4.78 is 25.9. The predicted molar refractivity (Wildman–Crippen MR) is 87.7 cm³/mol. The van der Waals surface area contributed by atoms with Gasteiger partial charge in [-0.05, 0) is 29.3 Å². The molecule has 3 nitrogen and oxygen atoms in total. The molecule has 0 saturated heterocycles. The van der Waals surface area contributed by atoms with Crippen LogP contribution in [0.15, 0.2) is 42.5 Å². The SMILES string of the molecule is CNc1cc(-c2ccccc2C#N)ccc1NCC1CC1(F)F. The summed E-state index contributed by atoms with van der Waals surface area (Å²) in [7, 11) is 1.78. The van der Waals surface area contributed by atoms with Gasteiger partial charge in [-0.3, -0.25) is 0 Å². The minimum atomic E-state index is -2.52. The van der Waals surface area contributed by atoms with E-state index in [1.54, 1.807) is 13.1 Å². The van der Waals surface area contributed by atoms with Gasteiger partial charge in [-0.2, -0.15) is 5.26 Å². The quantitative estimate of drug-likeness (QED) is 0.863. The van der Waals surface area contributed by atoms with Crippen molar-refractivity contribution < 1.29 is 8.78 Å². The summed E-state index contributed by atoms with van der Waals surface area (Å²) in [5.41, 5.74) is 3.97. The molecule has 1 saturated carbocycles. The highest BCUT2D eigenvalue weighted by Gasteiger charge is 2.56. The Bertz CT molecular complexity index is 765. The average Bonchev–Trinajstić information content (AvgIpc) is 3.19. The largest absolute Gasteiger partial charge is 0.386 e. The molecule has 3 rings (SSSR count). The van der Waals surface area contributed by atoms with E-state index in [1.165, 1.54) is 0 Å². The molecule has 1 aliphatic carbocycles. The second-order valence-electron chi connectivity index (χ2n) is 5.71. The Hall–Kier alpha value is -2.61. The lowest BCUT2D eigenvalue weighted by molar-refractivity contribution is 0.101. The monoisotopic (exact) mass is 313 g/mol. The number of alkyl halides is 2. The highest BCUT2D eigenvalue weighted by atomic mass is 19.3. The van der Waals surface area contributed by atoms with Gasteiger partial charge in [-0.25, -0.2) is 8.78 Å². The first-order valence-electron chi connectivity index (χ1n) is 7.48. The number of nitrogens with one attached hydrogen (secondary N) is 2. The normalized spacial score (nSPS) is 18.1. The van der Waals surface area contributed by atoms with Crippen molar-refractivity contribution in [3.05, 3.63) is 48.0 Å². The van der Waals surface area contributed by atoms with Gasteiger partial charge >= 0.3 is 0 Å². The Kier molecular flexibility index (Phi) is 3.91. The molecule has 0 aliphatic heterocycles. The molecule has 2 aromatic carbocycles. The molecular formula is C18H17F2N3. The summed E-state index contributed by atoms with van der Waals surface area (Å²) in [5, 5.41) is 15.4. The van der Waals surface area contributed by atoms with Gasteiger partial charge in [-0.15, -0.1) is 0 Å². The van der Waals surface area contributed by atoms with E-state index in [1.807, 2.05) is 36.4 Å². The fourth-order valence-electron chi connectivity index (χ4n) is 2.63. The minimum absolute atomic E-state index is 0.0392. The van der Waals surface area contributed by atoms with Crippen LogP contribution in [0.2, 0.25) is 0 Å². The van der Waals surface area contributed by atoms with E-state index in [0.717, 1.165) is 22.5 Å². The van der Waals surface area contributed by atoms with E-state index in [4.69, 9.17) is 0 Å². The molecule has 0 aromatic heterocycles. The van der Waals surface area contributed by atoms with E-state index < -0.39 is 11.8 Å². The van der Waals surface area contributed by atoms with Crippen molar-refractivity contribution in [2.24, 2.45) is 5.92 Å². The molecule has 118 valence electrons. The Morgan fingerprint density at radius 1 is 1.22 bits per heavy atom. The second-order valence-corrected chi connectivity index (χ2v) is 5.71. The first kappa shape index (κ1) is 15.3. The van der Waals surface area contributed by atoms with Crippen LogP contribution in [0.1, 0.15) is 12.0 Å². The standard InChI is InChI=1S/C18H17F2N3/c1-22-17-8-12(15-5-3-2-4-13(15)10-21)6-7-16(17)23-11-14-9-18(14,19)20/h2-8,14,22-23H,9,11H2,1H3. The van der Waals surface area contributed by atoms with Crippen LogP contribution >= 0.6 is 0 Å². The third-order valence-corrected chi connectivity index (χ3v) is 4.14. The van der Waals surface area contributed by atoms with Gasteiger partial charge in [0.1, 0.15) is 0 Å². The van der Waals surface area contributed by atoms with Gasteiger partial charge in [0.2, 0.25) is 0 Å². The topological polar surface area (TPSA) is 47.9 Å². The molecule has 1 atom stereocenters. The molecule has 0 bridgehead atoms. The summed E-state index contributed by atoms with van der Waals surface area (Å²) in [6.45, 7) is 0.260. The van der Waals surface area contributed by atoms with Crippen LogP contribution in [0.4, 0.5) is 20.2 Å². The smallest absolute Gasteiger partial charge is 0.253 e. The summed E-state index contributed by atoms with van der Waals surface area (Å²) >= 11 is 0. The zero-order chi connectivity index (χ0) is 16.4. The van der Waals surface area contributed by atoms with Crippen molar-refractivity contribution in [3.8, 4) is 17.2 Å². The Morgan fingerprint density at radius 2 is 1.96 bits per heavy atom. The number of anilines is 2. The van der Waals surface area contributed by atoms with E-state index in [2.05, 4.69) is 16.7 Å². The summed E-state index contributed by atoms with van der Waals surface area (Å²) in [6.07, 6.45) is -0.0392. The van der Waals surface area contributed by atoms with Crippen molar-refractivity contribution >= 4 is 11.4 Å². The fourth-order valence-corrected chi connectivity index (χ4v) is 2.63. The molecule has 0 heterocycles. The van der Waals surface area contributed by atoms with Gasteiger partial charge in [0.05, 0.1) is 23.0 Å².